The topological polar surface area (TPSA) is 39.4 Å². The molecule has 0 N–H and O–H groups in total. The van der Waals surface area contributed by atoms with E-state index in [1.54, 1.807) is 11.3 Å². The maximum Gasteiger partial charge on any atom is 0.144 e. The first kappa shape index (κ1) is 12.7. The molecule has 0 amide bonds. The fourth-order valence-electron chi connectivity index (χ4n) is 2.75. The molecule has 3 nitrogen and oxygen atoms in total. The molecule has 1 unspecified atom stereocenters. The molecule has 5 heteroatoms. The molecule has 1 aromatic rings. The number of fused-ring (bicyclic) bond motifs is 1. The summed E-state index contributed by atoms with van der Waals surface area (Å²) in [5, 5.41) is 13.5. The highest BCUT2D eigenvalue weighted by molar-refractivity contribution is 7.80. The number of hydrogen-bond acceptors (Lipinski definition) is 4. The molecule has 1 atom stereocenters. The van der Waals surface area contributed by atoms with E-state index in [9.17, 15) is 5.26 Å². The van der Waals surface area contributed by atoms with E-state index in [4.69, 9.17) is 12.2 Å². The molecular weight excluding hydrogens is 274 g/mol. The van der Waals surface area contributed by atoms with Crippen molar-refractivity contribution in [3.8, 4) is 6.07 Å². The second-order valence-corrected chi connectivity index (χ2v) is 6.07. The predicted octanol–water partition coefficient (Wildman–Crippen LogP) is 2.76. The summed E-state index contributed by atoms with van der Waals surface area (Å²) in [7, 11) is 2.09. The van der Waals surface area contributed by atoms with Gasteiger partial charge in [0, 0.05) is 18.2 Å². The SMILES string of the molecule is CN1CCC2C(=NC(=S)C(C#N)=C2c2ccsc2)C1. The normalized spacial score (nSPS) is 23.9. The summed E-state index contributed by atoms with van der Waals surface area (Å²) >= 11 is 6.95. The van der Waals surface area contributed by atoms with Crippen LogP contribution in [-0.2, 0) is 0 Å². The third-order valence-corrected chi connectivity index (χ3v) is 4.63. The van der Waals surface area contributed by atoms with Gasteiger partial charge in [-0.05, 0) is 48.0 Å². The van der Waals surface area contributed by atoms with Crippen molar-refractivity contribution >= 4 is 39.8 Å². The fraction of sp³-hybridized carbons (Fsp3) is 0.357. The molecule has 0 spiro atoms. The number of aliphatic imine (C=N–C) groups is 1. The number of hydrogen-bond donors (Lipinski definition) is 0. The Morgan fingerprint density at radius 2 is 2.42 bits per heavy atom. The second-order valence-electron chi connectivity index (χ2n) is 4.90. The van der Waals surface area contributed by atoms with E-state index in [2.05, 4.69) is 34.5 Å². The van der Waals surface area contributed by atoms with Gasteiger partial charge in [-0.3, -0.25) is 0 Å². The highest BCUT2D eigenvalue weighted by atomic mass is 32.1. The zero-order valence-electron chi connectivity index (χ0n) is 10.6. The molecule has 3 rings (SSSR count). The molecule has 1 aromatic heterocycles. The average molecular weight is 287 g/mol. The number of thiocarbonyl (C=S) groups is 1. The van der Waals surface area contributed by atoms with Crippen molar-refractivity contribution in [2.75, 3.05) is 20.1 Å². The van der Waals surface area contributed by atoms with Crippen LogP contribution in [-0.4, -0.2) is 35.7 Å². The zero-order chi connectivity index (χ0) is 13.4. The number of likely N-dealkylation sites (tertiary alicyclic amines) is 1. The van der Waals surface area contributed by atoms with Crippen LogP contribution in [0.4, 0.5) is 0 Å². The highest BCUT2D eigenvalue weighted by Crippen LogP contribution is 2.37. The fourth-order valence-corrected chi connectivity index (χ4v) is 3.68. The summed E-state index contributed by atoms with van der Waals surface area (Å²) in [6.45, 7) is 1.87. The summed E-state index contributed by atoms with van der Waals surface area (Å²) in [5.74, 6) is 0.257. The summed E-state index contributed by atoms with van der Waals surface area (Å²) in [6, 6.07) is 4.33. The summed E-state index contributed by atoms with van der Waals surface area (Å²) < 4.78 is 0. The van der Waals surface area contributed by atoms with E-state index in [0.29, 0.717) is 10.6 Å². The summed E-state index contributed by atoms with van der Waals surface area (Å²) in [5.41, 5.74) is 3.92. The molecule has 0 aromatic carbocycles. The number of dihydropyridines is 1. The van der Waals surface area contributed by atoms with Crippen LogP contribution in [0.3, 0.4) is 0 Å². The Kier molecular flexibility index (Phi) is 3.31. The lowest BCUT2D eigenvalue weighted by Crippen LogP contribution is -2.41. The maximum atomic E-state index is 9.40. The molecule has 0 saturated carbocycles. The van der Waals surface area contributed by atoms with Gasteiger partial charge in [0.2, 0.25) is 0 Å². The standard InChI is InChI=1S/C14H13N3S2/c1-17-4-2-10-12(7-17)16-14(18)11(6-15)13(10)9-3-5-19-8-9/h3,5,8,10H,2,4,7H2,1H3. The predicted molar refractivity (Wildman–Crippen MR) is 82.5 cm³/mol. The van der Waals surface area contributed by atoms with Gasteiger partial charge in [0.15, 0.2) is 0 Å². The molecule has 2 aliphatic heterocycles. The van der Waals surface area contributed by atoms with Gasteiger partial charge in [-0.25, -0.2) is 4.99 Å². The van der Waals surface area contributed by atoms with Crippen molar-refractivity contribution in [1.82, 2.24) is 4.90 Å². The van der Waals surface area contributed by atoms with Gasteiger partial charge in [0.1, 0.15) is 11.1 Å². The van der Waals surface area contributed by atoms with Crippen LogP contribution < -0.4 is 0 Å². The van der Waals surface area contributed by atoms with Crippen LogP contribution in [0.1, 0.15) is 12.0 Å². The van der Waals surface area contributed by atoms with Crippen molar-refractivity contribution in [3.05, 3.63) is 28.0 Å². The first-order chi connectivity index (χ1) is 9.20. The Morgan fingerprint density at radius 3 is 3.11 bits per heavy atom. The van der Waals surface area contributed by atoms with Crippen molar-refractivity contribution in [1.29, 1.82) is 5.26 Å². The molecule has 96 valence electrons. The molecule has 1 saturated heterocycles. The molecule has 0 radical (unpaired) electrons. The number of thiophene rings is 1. The van der Waals surface area contributed by atoms with Gasteiger partial charge >= 0.3 is 0 Å². The number of nitrogens with zero attached hydrogens (tertiary/aromatic N) is 3. The van der Waals surface area contributed by atoms with Crippen molar-refractivity contribution in [2.45, 2.75) is 6.42 Å². The van der Waals surface area contributed by atoms with Crippen LogP contribution in [0.25, 0.3) is 5.57 Å². The lowest BCUT2D eigenvalue weighted by molar-refractivity contribution is 0.338. The molecule has 0 aliphatic carbocycles. The summed E-state index contributed by atoms with van der Waals surface area (Å²) in [6.07, 6.45) is 1.01. The van der Waals surface area contributed by atoms with E-state index in [1.165, 1.54) is 0 Å². The first-order valence-corrected chi connectivity index (χ1v) is 7.53. The highest BCUT2D eigenvalue weighted by Gasteiger charge is 2.34. The van der Waals surface area contributed by atoms with Gasteiger partial charge in [-0.2, -0.15) is 16.6 Å². The third-order valence-electron chi connectivity index (χ3n) is 3.65. The van der Waals surface area contributed by atoms with Gasteiger partial charge in [0.05, 0.1) is 5.57 Å². The van der Waals surface area contributed by atoms with E-state index < -0.39 is 0 Å². The van der Waals surface area contributed by atoms with Crippen molar-refractivity contribution in [3.63, 3.8) is 0 Å². The van der Waals surface area contributed by atoms with Gasteiger partial charge < -0.3 is 4.90 Å². The molecular formula is C14H13N3S2. The van der Waals surface area contributed by atoms with Crippen LogP contribution >= 0.6 is 23.6 Å². The Balaban J connectivity index is 2.11. The smallest absolute Gasteiger partial charge is 0.144 e. The van der Waals surface area contributed by atoms with Crippen LogP contribution in [0.2, 0.25) is 0 Å². The lowest BCUT2D eigenvalue weighted by atomic mass is 9.80. The van der Waals surface area contributed by atoms with E-state index in [0.717, 1.165) is 36.4 Å². The Morgan fingerprint density at radius 1 is 1.58 bits per heavy atom. The number of nitriles is 1. The third kappa shape index (κ3) is 2.16. The Hall–Kier alpha value is -1.35. The number of piperidine rings is 1. The molecule has 0 bridgehead atoms. The number of rotatable bonds is 1. The van der Waals surface area contributed by atoms with Gasteiger partial charge in [-0.1, -0.05) is 12.2 Å². The van der Waals surface area contributed by atoms with E-state index in [1.807, 2.05) is 5.38 Å². The second kappa shape index (κ2) is 4.97. The number of allylic oxidation sites excluding steroid dienone is 1. The Bertz CT molecular complexity index is 620. The van der Waals surface area contributed by atoms with Crippen LogP contribution in [0.15, 0.2) is 27.4 Å². The minimum Gasteiger partial charge on any atom is -0.301 e. The quantitative estimate of drug-likeness (QED) is 0.746. The molecule has 19 heavy (non-hydrogen) atoms. The van der Waals surface area contributed by atoms with Gasteiger partial charge in [0.25, 0.3) is 0 Å². The van der Waals surface area contributed by atoms with E-state index in [-0.39, 0.29) is 5.92 Å². The summed E-state index contributed by atoms with van der Waals surface area (Å²) in [4.78, 5) is 7.20. The zero-order valence-corrected chi connectivity index (χ0v) is 12.2. The van der Waals surface area contributed by atoms with E-state index >= 15 is 0 Å². The van der Waals surface area contributed by atoms with Crippen LogP contribution in [0, 0.1) is 17.2 Å². The molecule has 2 aliphatic rings. The minimum atomic E-state index is 0.257. The largest absolute Gasteiger partial charge is 0.301 e. The van der Waals surface area contributed by atoms with Crippen molar-refractivity contribution in [2.24, 2.45) is 10.9 Å². The Labute approximate surface area is 121 Å². The molecule has 1 fully saturated rings. The lowest BCUT2D eigenvalue weighted by Gasteiger charge is -2.34. The average Bonchev–Trinajstić information content (AvgIpc) is 2.90. The first-order valence-electron chi connectivity index (χ1n) is 6.18. The van der Waals surface area contributed by atoms with Gasteiger partial charge in [-0.15, -0.1) is 0 Å². The van der Waals surface area contributed by atoms with Crippen molar-refractivity contribution < 1.29 is 0 Å². The van der Waals surface area contributed by atoms with Crippen LogP contribution in [0.5, 0.6) is 0 Å². The minimum absolute atomic E-state index is 0.257. The molecule has 3 heterocycles. The maximum absolute atomic E-state index is 9.40. The monoisotopic (exact) mass is 287 g/mol.